The summed E-state index contributed by atoms with van der Waals surface area (Å²) < 4.78 is 13.8. The predicted molar refractivity (Wildman–Crippen MR) is 118 cm³/mol. The van der Waals surface area contributed by atoms with E-state index in [1.807, 2.05) is 36.6 Å². The molecule has 0 bridgehead atoms. The van der Waals surface area contributed by atoms with Gasteiger partial charge in [0.2, 0.25) is 0 Å². The first-order valence-corrected chi connectivity index (χ1v) is 10.7. The number of nitrogens with zero attached hydrogens (tertiary/aromatic N) is 2. The van der Waals surface area contributed by atoms with Crippen molar-refractivity contribution in [2.24, 2.45) is 0 Å². The number of nitrogens with one attached hydrogen (secondary N) is 2. The van der Waals surface area contributed by atoms with Gasteiger partial charge in [0.25, 0.3) is 5.56 Å². The normalized spacial score (nSPS) is 13.6. The van der Waals surface area contributed by atoms with Crippen LogP contribution in [0.4, 0.5) is 5.82 Å². The molecule has 0 aliphatic carbocycles. The minimum Gasteiger partial charge on any atom is -0.490 e. The molecule has 2 aromatic rings. The van der Waals surface area contributed by atoms with Gasteiger partial charge in [-0.3, -0.25) is 14.7 Å². The molecule has 0 atom stereocenters. The third-order valence-electron chi connectivity index (χ3n) is 4.92. The van der Waals surface area contributed by atoms with Crippen molar-refractivity contribution in [1.82, 2.24) is 14.5 Å². The van der Waals surface area contributed by atoms with Crippen molar-refractivity contribution in [3.8, 4) is 11.5 Å². The fourth-order valence-electron chi connectivity index (χ4n) is 3.61. The second-order valence-corrected chi connectivity index (χ2v) is 7.41. The Kier molecular flexibility index (Phi) is 7.33. The molecule has 8 heteroatoms. The first-order chi connectivity index (χ1) is 14.1. The molecular weight excluding hydrogens is 388 g/mol. The molecular formula is C21H30N4O3S. The summed E-state index contributed by atoms with van der Waals surface area (Å²) in [7, 11) is 0. The number of aryl methyl sites for hydroxylation is 1. The molecule has 2 N–H and O–H groups in total. The molecule has 1 aliphatic heterocycles. The van der Waals surface area contributed by atoms with E-state index >= 15 is 0 Å². The lowest BCUT2D eigenvalue weighted by Gasteiger charge is -2.30. The first kappa shape index (κ1) is 21.4. The lowest BCUT2D eigenvalue weighted by molar-refractivity contribution is 0.272. The average Bonchev–Trinajstić information content (AvgIpc) is 2.70. The largest absolute Gasteiger partial charge is 0.490 e. The molecule has 0 saturated heterocycles. The van der Waals surface area contributed by atoms with Crippen molar-refractivity contribution in [2.45, 2.75) is 46.7 Å². The summed E-state index contributed by atoms with van der Waals surface area (Å²) >= 11 is 5.45. The quantitative estimate of drug-likeness (QED) is 0.607. The lowest BCUT2D eigenvalue weighted by Crippen LogP contribution is -2.39. The van der Waals surface area contributed by atoms with E-state index in [1.54, 1.807) is 0 Å². The summed E-state index contributed by atoms with van der Waals surface area (Å²) in [6.07, 6.45) is 1.81. The number of anilines is 1. The van der Waals surface area contributed by atoms with Crippen LogP contribution in [0.2, 0.25) is 0 Å². The van der Waals surface area contributed by atoms with Crippen LogP contribution in [0.15, 0.2) is 23.0 Å². The topological polar surface area (TPSA) is 71.5 Å². The number of aromatic nitrogens is 2. The van der Waals surface area contributed by atoms with E-state index in [4.69, 9.17) is 21.7 Å². The number of hydrogen-bond acceptors (Lipinski definition) is 6. The highest BCUT2D eigenvalue weighted by Crippen LogP contribution is 2.29. The van der Waals surface area contributed by atoms with Crippen LogP contribution < -0.4 is 20.3 Å². The van der Waals surface area contributed by atoms with Gasteiger partial charge in [0.05, 0.1) is 25.4 Å². The maximum atomic E-state index is 12.4. The SMILES string of the molecule is CCCN1CNc2c(c(=O)[nH]c(=S)n2CCc2ccc(OCC)c(OCC)c2)C1. The Morgan fingerprint density at radius 1 is 1.10 bits per heavy atom. The van der Waals surface area contributed by atoms with E-state index in [1.165, 1.54) is 0 Å². The molecule has 1 aliphatic rings. The fourth-order valence-corrected chi connectivity index (χ4v) is 3.88. The van der Waals surface area contributed by atoms with E-state index in [0.29, 0.717) is 31.1 Å². The fraction of sp³-hybridized carbons (Fsp3) is 0.524. The maximum Gasteiger partial charge on any atom is 0.258 e. The third-order valence-corrected chi connectivity index (χ3v) is 5.24. The van der Waals surface area contributed by atoms with Gasteiger partial charge in [0, 0.05) is 13.1 Å². The minimum absolute atomic E-state index is 0.103. The van der Waals surface area contributed by atoms with E-state index < -0.39 is 0 Å². The van der Waals surface area contributed by atoms with Crippen molar-refractivity contribution in [1.29, 1.82) is 0 Å². The number of fused-ring (bicyclic) bond motifs is 1. The second-order valence-electron chi connectivity index (χ2n) is 7.02. The van der Waals surface area contributed by atoms with Gasteiger partial charge >= 0.3 is 0 Å². The average molecular weight is 419 g/mol. The Morgan fingerprint density at radius 2 is 1.86 bits per heavy atom. The van der Waals surface area contributed by atoms with Gasteiger partial charge in [-0.1, -0.05) is 13.0 Å². The zero-order chi connectivity index (χ0) is 20.8. The summed E-state index contributed by atoms with van der Waals surface area (Å²) in [6, 6.07) is 6.02. The first-order valence-electron chi connectivity index (χ1n) is 10.3. The number of rotatable bonds is 9. The van der Waals surface area contributed by atoms with Crippen LogP contribution in [0.1, 0.15) is 38.3 Å². The van der Waals surface area contributed by atoms with Crippen LogP contribution in [0.3, 0.4) is 0 Å². The zero-order valence-corrected chi connectivity index (χ0v) is 18.2. The van der Waals surface area contributed by atoms with Crippen molar-refractivity contribution in [2.75, 3.05) is 31.7 Å². The molecule has 0 fully saturated rings. The van der Waals surface area contributed by atoms with E-state index in [2.05, 4.69) is 22.1 Å². The summed E-state index contributed by atoms with van der Waals surface area (Å²) in [5.41, 5.74) is 1.77. The Balaban J connectivity index is 1.83. The molecule has 1 aromatic heterocycles. The Bertz CT molecular complexity index is 954. The van der Waals surface area contributed by atoms with Crippen LogP contribution in [0, 0.1) is 4.77 Å². The third kappa shape index (κ3) is 5.00. The number of benzene rings is 1. The zero-order valence-electron chi connectivity index (χ0n) is 17.4. The molecule has 7 nitrogen and oxygen atoms in total. The highest BCUT2D eigenvalue weighted by molar-refractivity contribution is 7.71. The predicted octanol–water partition coefficient (Wildman–Crippen LogP) is 3.54. The van der Waals surface area contributed by atoms with E-state index in [-0.39, 0.29) is 5.56 Å². The molecule has 0 spiro atoms. The van der Waals surface area contributed by atoms with Gasteiger partial charge in [-0.05, 0) is 63.1 Å². The molecule has 0 unspecified atom stereocenters. The molecule has 0 amide bonds. The van der Waals surface area contributed by atoms with Gasteiger partial charge in [0.1, 0.15) is 5.82 Å². The Hall–Kier alpha value is -2.32. The molecule has 1 aromatic carbocycles. The Morgan fingerprint density at radius 3 is 2.59 bits per heavy atom. The van der Waals surface area contributed by atoms with Gasteiger partial charge in [-0.25, -0.2) is 0 Å². The van der Waals surface area contributed by atoms with Crippen LogP contribution in [0.5, 0.6) is 11.5 Å². The van der Waals surface area contributed by atoms with Crippen molar-refractivity contribution >= 4 is 18.0 Å². The molecule has 0 radical (unpaired) electrons. The van der Waals surface area contributed by atoms with E-state index in [0.717, 1.165) is 54.5 Å². The molecule has 2 heterocycles. The minimum atomic E-state index is -0.103. The van der Waals surface area contributed by atoms with Crippen LogP contribution in [-0.4, -0.2) is 40.9 Å². The maximum absolute atomic E-state index is 12.4. The van der Waals surface area contributed by atoms with Crippen LogP contribution in [0.25, 0.3) is 0 Å². The van der Waals surface area contributed by atoms with Crippen LogP contribution in [-0.2, 0) is 19.5 Å². The lowest BCUT2D eigenvalue weighted by atomic mass is 10.1. The highest BCUT2D eigenvalue weighted by Gasteiger charge is 2.21. The van der Waals surface area contributed by atoms with E-state index in [9.17, 15) is 4.79 Å². The standard InChI is InChI=1S/C21H30N4O3S/c1-4-10-24-13-16-19(22-14-24)25(21(29)23-20(16)26)11-9-15-7-8-17(27-5-2)18(12-15)28-6-3/h7-8,12,22H,4-6,9-11,13-14H2,1-3H3,(H,23,26,29). The number of hydrogen-bond donors (Lipinski definition) is 2. The summed E-state index contributed by atoms with van der Waals surface area (Å²) in [6.45, 7) is 10.2. The van der Waals surface area contributed by atoms with Gasteiger partial charge < -0.3 is 19.4 Å². The molecule has 3 rings (SSSR count). The van der Waals surface area contributed by atoms with Crippen molar-refractivity contribution < 1.29 is 9.47 Å². The smallest absolute Gasteiger partial charge is 0.258 e. The van der Waals surface area contributed by atoms with Gasteiger partial charge in [0.15, 0.2) is 16.3 Å². The second kappa shape index (κ2) is 9.93. The highest BCUT2D eigenvalue weighted by atomic mass is 32.1. The van der Waals surface area contributed by atoms with Gasteiger partial charge in [-0.2, -0.15) is 0 Å². The molecule has 158 valence electrons. The number of ether oxygens (including phenoxy) is 2. The molecule has 29 heavy (non-hydrogen) atoms. The summed E-state index contributed by atoms with van der Waals surface area (Å²) in [4.78, 5) is 17.5. The summed E-state index contributed by atoms with van der Waals surface area (Å²) in [5, 5.41) is 3.40. The molecule has 0 saturated carbocycles. The Labute approximate surface area is 176 Å². The van der Waals surface area contributed by atoms with Gasteiger partial charge in [-0.15, -0.1) is 0 Å². The van der Waals surface area contributed by atoms with Crippen molar-refractivity contribution in [3.63, 3.8) is 0 Å². The number of aromatic amines is 1. The monoisotopic (exact) mass is 418 g/mol. The van der Waals surface area contributed by atoms with Crippen molar-refractivity contribution in [3.05, 3.63) is 44.5 Å². The summed E-state index contributed by atoms with van der Waals surface area (Å²) in [5.74, 6) is 2.35. The number of H-pyrrole nitrogens is 1. The van der Waals surface area contributed by atoms with Crippen LogP contribution >= 0.6 is 12.2 Å².